The van der Waals surface area contributed by atoms with Crippen molar-refractivity contribution in [2.24, 2.45) is 5.41 Å². The molecule has 7 heteroatoms. The molecule has 88 valence electrons. The summed E-state index contributed by atoms with van der Waals surface area (Å²) in [7, 11) is 0. The summed E-state index contributed by atoms with van der Waals surface area (Å²) in [5.41, 5.74) is -2.55. The van der Waals surface area contributed by atoms with E-state index in [1.807, 2.05) is 0 Å². The quantitative estimate of drug-likeness (QED) is 0.704. The number of carboxylic acids is 1. The van der Waals surface area contributed by atoms with Crippen molar-refractivity contribution < 1.29 is 23.5 Å². The second-order valence-corrected chi connectivity index (χ2v) is 3.43. The number of allylic oxidation sites excluding steroid dienone is 1. The molecular weight excluding hydrogens is 222 g/mol. The standard InChI is InChI=1S/C9H10F2N2O3/c1-9(2,4-12)8(16)13-5(7(10)11)3-6(14)15/h3,7H,1-2H3,(H,13,16)(H,14,15)/b5-3-. The molecule has 0 heterocycles. The lowest BCUT2D eigenvalue weighted by Gasteiger charge is -2.16. The number of halogens is 2. The van der Waals surface area contributed by atoms with E-state index in [4.69, 9.17) is 10.4 Å². The van der Waals surface area contributed by atoms with Crippen molar-refractivity contribution in [2.75, 3.05) is 0 Å². The van der Waals surface area contributed by atoms with Gasteiger partial charge in [0.05, 0.1) is 11.8 Å². The average Bonchev–Trinajstić information content (AvgIpc) is 2.15. The third-order valence-corrected chi connectivity index (χ3v) is 1.62. The van der Waals surface area contributed by atoms with Gasteiger partial charge in [-0.25, -0.2) is 13.6 Å². The molecular formula is C9H10F2N2O3. The summed E-state index contributed by atoms with van der Waals surface area (Å²) in [6.45, 7) is 2.46. The number of carbonyl (C=O) groups excluding carboxylic acids is 1. The van der Waals surface area contributed by atoms with Gasteiger partial charge in [0.25, 0.3) is 6.43 Å². The number of nitriles is 1. The number of amides is 1. The lowest BCUT2D eigenvalue weighted by molar-refractivity contribution is -0.131. The minimum atomic E-state index is -3.13. The highest BCUT2D eigenvalue weighted by Crippen LogP contribution is 2.15. The smallest absolute Gasteiger partial charge is 0.330 e. The summed E-state index contributed by atoms with van der Waals surface area (Å²) in [5.74, 6) is -2.59. The Kier molecular flexibility index (Phi) is 4.57. The van der Waals surface area contributed by atoms with Gasteiger partial charge in [-0.2, -0.15) is 5.26 Å². The maximum Gasteiger partial charge on any atom is 0.330 e. The van der Waals surface area contributed by atoms with E-state index in [0.29, 0.717) is 0 Å². The summed E-state index contributed by atoms with van der Waals surface area (Å²) >= 11 is 0. The van der Waals surface area contributed by atoms with Gasteiger partial charge in [0, 0.05) is 6.08 Å². The monoisotopic (exact) mass is 232 g/mol. The Bertz CT molecular complexity index is 369. The van der Waals surface area contributed by atoms with Crippen LogP contribution in [-0.2, 0) is 9.59 Å². The minimum absolute atomic E-state index is 0.190. The van der Waals surface area contributed by atoms with E-state index in [1.54, 1.807) is 11.4 Å². The van der Waals surface area contributed by atoms with Crippen LogP contribution in [0.5, 0.6) is 0 Å². The fourth-order valence-electron chi connectivity index (χ4n) is 0.625. The number of carboxylic acid groups (broad SMARTS) is 1. The molecule has 0 aliphatic rings. The largest absolute Gasteiger partial charge is 0.478 e. The first kappa shape index (κ1) is 14.0. The number of nitrogens with one attached hydrogen (secondary N) is 1. The number of rotatable bonds is 4. The normalized spacial score (nSPS) is 12.1. The Balaban J connectivity index is 4.89. The van der Waals surface area contributed by atoms with Crippen LogP contribution < -0.4 is 5.32 Å². The molecule has 0 aliphatic heterocycles. The zero-order chi connectivity index (χ0) is 12.9. The van der Waals surface area contributed by atoms with Crippen LogP contribution >= 0.6 is 0 Å². The van der Waals surface area contributed by atoms with Crippen LogP contribution in [0.4, 0.5) is 8.78 Å². The second kappa shape index (κ2) is 5.21. The van der Waals surface area contributed by atoms with Crippen LogP contribution in [0.1, 0.15) is 13.8 Å². The Morgan fingerprint density at radius 2 is 2.00 bits per heavy atom. The second-order valence-electron chi connectivity index (χ2n) is 3.43. The molecule has 5 nitrogen and oxygen atoms in total. The maximum atomic E-state index is 12.3. The number of hydrogen-bond acceptors (Lipinski definition) is 3. The van der Waals surface area contributed by atoms with E-state index in [-0.39, 0.29) is 6.08 Å². The van der Waals surface area contributed by atoms with Crippen LogP contribution in [0.3, 0.4) is 0 Å². The van der Waals surface area contributed by atoms with Crippen molar-refractivity contribution >= 4 is 11.9 Å². The van der Waals surface area contributed by atoms with E-state index in [1.165, 1.54) is 13.8 Å². The Hall–Kier alpha value is -1.97. The van der Waals surface area contributed by atoms with E-state index < -0.39 is 29.4 Å². The van der Waals surface area contributed by atoms with Gasteiger partial charge < -0.3 is 10.4 Å². The number of aliphatic carboxylic acids is 1. The molecule has 0 unspecified atom stereocenters. The summed E-state index contributed by atoms with van der Waals surface area (Å²) in [6.07, 6.45) is -2.94. The topological polar surface area (TPSA) is 90.2 Å². The van der Waals surface area contributed by atoms with E-state index in [9.17, 15) is 18.4 Å². The molecule has 0 saturated heterocycles. The van der Waals surface area contributed by atoms with Gasteiger partial charge in [-0.05, 0) is 13.8 Å². The molecule has 0 aliphatic carbocycles. The molecule has 0 bridgehead atoms. The van der Waals surface area contributed by atoms with Crippen LogP contribution in [0.15, 0.2) is 11.8 Å². The van der Waals surface area contributed by atoms with Gasteiger partial charge in [0.2, 0.25) is 5.91 Å². The molecule has 0 aromatic heterocycles. The highest BCUT2D eigenvalue weighted by Gasteiger charge is 2.29. The van der Waals surface area contributed by atoms with E-state index in [2.05, 4.69) is 0 Å². The SMILES string of the molecule is CC(C)(C#N)C(=O)N/C(=C\C(=O)O)C(F)F. The van der Waals surface area contributed by atoms with Gasteiger partial charge in [-0.15, -0.1) is 0 Å². The van der Waals surface area contributed by atoms with Crippen LogP contribution in [0.2, 0.25) is 0 Å². The van der Waals surface area contributed by atoms with Crippen molar-refractivity contribution in [1.82, 2.24) is 5.32 Å². The molecule has 0 saturated carbocycles. The number of carbonyl (C=O) groups is 2. The third-order valence-electron chi connectivity index (χ3n) is 1.62. The summed E-state index contributed by atoms with van der Waals surface area (Å²) in [6, 6.07) is 1.61. The molecule has 0 rings (SSSR count). The van der Waals surface area contributed by atoms with Gasteiger partial charge >= 0.3 is 5.97 Å². The van der Waals surface area contributed by atoms with Crippen LogP contribution in [0, 0.1) is 16.7 Å². The van der Waals surface area contributed by atoms with Crippen molar-refractivity contribution in [2.45, 2.75) is 20.3 Å². The van der Waals surface area contributed by atoms with Gasteiger partial charge in [-0.1, -0.05) is 0 Å². The average molecular weight is 232 g/mol. The first-order valence-corrected chi connectivity index (χ1v) is 4.16. The molecule has 1 amide bonds. The maximum absolute atomic E-state index is 12.3. The van der Waals surface area contributed by atoms with Gasteiger partial charge in [0.1, 0.15) is 5.41 Å². The Labute approximate surface area is 90.4 Å². The van der Waals surface area contributed by atoms with E-state index >= 15 is 0 Å². The number of hydrogen-bond donors (Lipinski definition) is 2. The zero-order valence-electron chi connectivity index (χ0n) is 8.62. The molecule has 0 fully saturated rings. The van der Waals surface area contributed by atoms with Gasteiger partial charge in [-0.3, -0.25) is 4.79 Å². The summed E-state index contributed by atoms with van der Waals surface area (Å²) in [5, 5.41) is 18.6. The lowest BCUT2D eigenvalue weighted by atomic mass is 9.94. The van der Waals surface area contributed by atoms with Crippen molar-refractivity contribution in [1.29, 1.82) is 5.26 Å². The molecule has 0 aromatic rings. The fourth-order valence-corrected chi connectivity index (χ4v) is 0.625. The van der Waals surface area contributed by atoms with Crippen LogP contribution in [-0.4, -0.2) is 23.4 Å². The summed E-state index contributed by atoms with van der Waals surface area (Å²) in [4.78, 5) is 21.5. The molecule has 16 heavy (non-hydrogen) atoms. The highest BCUT2D eigenvalue weighted by atomic mass is 19.3. The third kappa shape index (κ3) is 4.04. The minimum Gasteiger partial charge on any atom is -0.478 e. The molecule has 0 atom stereocenters. The predicted molar refractivity (Wildman–Crippen MR) is 49.3 cm³/mol. The first-order valence-electron chi connectivity index (χ1n) is 4.16. The number of nitrogens with zero attached hydrogens (tertiary/aromatic N) is 1. The Morgan fingerprint density at radius 1 is 1.50 bits per heavy atom. The highest BCUT2D eigenvalue weighted by molar-refractivity contribution is 5.88. The number of alkyl halides is 2. The molecule has 0 aromatic carbocycles. The van der Waals surface area contributed by atoms with Crippen molar-refractivity contribution in [3.8, 4) is 6.07 Å². The molecule has 0 spiro atoms. The van der Waals surface area contributed by atoms with Gasteiger partial charge in [0.15, 0.2) is 0 Å². The summed E-state index contributed by atoms with van der Waals surface area (Å²) < 4.78 is 24.6. The molecule has 0 radical (unpaired) electrons. The molecule has 2 N–H and O–H groups in total. The van der Waals surface area contributed by atoms with Crippen LogP contribution in [0.25, 0.3) is 0 Å². The first-order chi connectivity index (χ1) is 7.20. The lowest BCUT2D eigenvalue weighted by Crippen LogP contribution is -2.37. The van der Waals surface area contributed by atoms with Crippen molar-refractivity contribution in [3.63, 3.8) is 0 Å². The fraction of sp³-hybridized carbons (Fsp3) is 0.444. The van der Waals surface area contributed by atoms with E-state index in [0.717, 1.165) is 0 Å². The Morgan fingerprint density at radius 3 is 2.31 bits per heavy atom. The van der Waals surface area contributed by atoms with Crippen molar-refractivity contribution in [3.05, 3.63) is 11.8 Å². The zero-order valence-corrected chi connectivity index (χ0v) is 8.62. The predicted octanol–water partition coefficient (Wildman–Crippen LogP) is 0.886.